The molecule has 0 amide bonds. The standard InChI is InChI=1S/C14H7Cl2NOS/c15-10-3-2-9(6-11(10)16)14-17-12-4-1-8(7-18)5-13(12)19-14/h1-7H. The molecule has 0 unspecified atom stereocenters. The van der Waals surface area contributed by atoms with Crippen LogP contribution in [0.4, 0.5) is 0 Å². The van der Waals surface area contributed by atoms with Crippen LogP contribution < -0.4 is 0 Å². The summed E-state index contributed by atoms with van der Waals surface area (Å²) in [5.41, 5.74) is 2.44. The van der Waals surface area contributed by atoms with Gasteiger partial charge in [0.1, 0.15) is 11.3 Å². The third-order valence-electron chi connectivity index (χ3n) is 2.72. The van der Waals surface area contributed by atoms with Crippen LogP contribution in [0, 0.1) is 0 Å². The van der Waals surface area contributed by atoms with Gasteiger partial charge in [-0.25, -0.2) is 4.98 Å². The van der Waals surface area contributed by atoms with E-state index in [-0.39, 0.29) is 0 Å². The highest BCUT2D eigenvalue weighted by molar-refractivity contribution is 7.21. The number of carbonyl (C=O) groups is 1. The Balaban J connectivity index is 2.14. The topological polar surface area (TPSA) is 30.0 Å². The van der Waals surface area contributed by atoms with Crippen LogP contribution in [0.3, 0.4) is 0 Å². The van der Waals surface area contributed by atoms with Crippen molar-refractivity contribution in [2.75, 3.05) is 0 Å². The van der Waals surface area contributed by atoms with E-state index < -0.39 is 0 Å². The van der Waals surface area contributed by atoms with E-state index in [2.05, 4.69) is 4.98 Å². The molecule has 0 N–H and O–H groups in total. The summed E-state index contributed by atoms with van der Waals surface area (Å²) in [5.74, 6) is 0. The van der Waals surface area contributed by atoms with Gasteiger partial charge in [-0.3, -0.25) is 4.79 Å². The molecule has 2 aromatic carbocycles. The summed E-state index contributed by atoms with van der Waals surface area (Å²) >= 11 is 13.4. The summed E-state index contributed by atoms with van der Waals surface area (Å²) in [5, 5.41) is 1.89. The Morgan fingerprint density at radius 1 is 1.05 bits per heavy atom. The zero-order valence-corrected chi connectivity index (χ0v) is 11.9. The molecule has 3 rings (SSSR count). The minimum Gasteiger partial charge on any atom is -0.298 e. The lowest BCUT2D eigenvalue weighted by Gasteiger charge is -1.98. The molecule has 0 radical (unpaired) electrons. The van der Waals surface area contributed by atoms with Crippen molar-refractivity contribution in [1.82, 2.24) is 4.98 Å². The van der Waals surface area contributed by atoms with Crippen molar-refractivity contribution < 1.29 is 4.79 Å². The van der Waals surface area contributed by atoms with Crippen molar-refractivity contribution in [3.8, 4) is 10.6 Å². The minimum absolute atomic E-state index is 0.506. The lowest BCUT2D eigenvalue weighted by atomic mass is 10.2. The Hall–Kier alpha value is -1.42. The smallest absolute Gasteiger partial charge is 0.150 e. The van der Waals surface area contributed by atoms with Gasteiger partial charge in [0, 0.05) is 11.1 Å². The van der Waals surface area contributed by atoms with Crippen LogP contribution in [-0.4, -0.2) is 11.3 Å². The Labute approximate surface area is 123 Å². The maximum atomic E-state index is 10.8. The summed E-state index contributed by atoms with van der Waals surface area (Å²) < 4.78 is 0.977. The largest absolute Gasteiger partial charge is 0.298 e. The number of aromatic nitrogens is 1. The lowest BCUT2D eigenvalue weighted by molar-refractivity contribution is 0.112. The Bertz CT molecular complexity index is 782. The number of carbonyl (C=O) groups excluding carboxylic acids is 1. The van der Waals surface area contributed by atoms with Crippen LogP contribution in [0.5, 0.6) is 0 Å². The van der Waals surface area contributed by atoms with Gasteiger partial charge in [-0.15, -0.1) is 11.3 Å². The zero-order chi connectivity index (χ0) is 13.4. The van der Waals surface area contributed by atoms with E-state index in [0.29, 0.717) is 15.6 Å². The van der Waals surface area contributed by atoms with Crippen molar-refractivity contribution in [3.63, 3.8) is 0 Å². The predicted octanol–water partition coefficient (Wildman–Crippen LogP) is 5.08. The van der Waals surface area contributed by atoms with Gasteiger partial charge in [-0.05, 0) is 30.3 Å². The van der Waals surface area contributed by atoms with E-state index >= 15 is 0 Å². The van der Waals surface area contributed by atoms with Gasteiger partial charge < -0.3 is 0 Å². The number of rotatable bonds is 2. The summed E-state index contributed by atoms with van der Waals surface area (Å²) in [6, 6.07) is 10.9. The molecule has 94 valence electrons. The molecule has 19 heavy (non-hydrogen) atoms. The second-order valence-corrected chi connectivity index (χ2v) is 5.84. The van der Waals surface area contributed by atoms with Crippen LogP contribution in [0.25, 0.3) is 20.8 Å². The maximum Gasteiger partial charge on any atom is 0.150 e. The normalized spacial score (nSPS) is 10.8. The molecule has 0 saturated carbocycles. The van der Waals surface area contributed by atoms with Crippen LogP contribution in [-0.2, 0) is 0 Å². The molecule has 2 nitrogen and oxygen atoms in total. The fourth-order valence-corrected chi connectivity index (χ4v) is 3.08. The monoisotopic (exact) mass is 307 g/mol. The molecule has 0 aliphatic heterocycles. The molecular formula is C14H7Cl2NOS. The third-order valence-corrected chi connectivity index (χ3v) is 4.52. The van der Waals surface area contributed by atoms with Crippen LogP contribution in [0.1, 0.15) is 10.4 Å². The van der Waals surface area contributed by atoms with E-state index in [0.717, 1.165) is 27.1 Å². The molecule has 1 heterocycles. The van der Waals surface area contributed by atoms with Gasteiger partial charge in [0.2, 0.25) is 0 Å². The number of benzene rings is 2. The van der Waals surface area contributed by atoms with Crippen molar-refractivity contribution in [1.29, 1.82) is 0 Å². The number of nitrogens with zero attached hydrogens (tertiary/aromatic N) is 1. The van der Waals surface area contributed by atoms with E-state index in [4.69, 9.17) is 23.2 Å². The number of aldehydes is 1. The third kappa shape index (κ3) is 2.37. The Kier molecular flexibility index (Phi) is 3.27. The summed E-state index contributed by atoms with van der Waals surface area (Å²) in [7, 11) is 0. The van der Waals surface area contributed by atoms with E-state index in [1.165, 1.54) is 11.3 Å². The molecule has 0 bridgehead atoms. The zero-order valence-electron chi connectivity index (χ0n) is 9.56. The molecule has 0 atom stereocenters. The van der Waals surface area contributed by atoms with Gasteiger partial charge >= 0.3 is 0 Å². The molecule has 5 heteroatoms. The van der Waals surface area contributed by atoms with Gasteiger partial charge in [0.05, 0.1) is 20.3 Å². The van der Waals surface area contributed by atoms with Gasteiger partial charge in [0.25, 0.3) is 0 Å². The number of fused-ring (bicyclic) bond motifs is 1. The highest BCUT2D eigenvalue weighted by Gasteiger charge is 2.08. The molecule has 0 fully saturated rings. The highest BCUT2D eigenvalue weighted by atomic mass is 35.5. The molecule has 0 aliphatic rings. The number of thiazole rings is 1. The first-order valence-electron chi connectivity index (χ1n) is 5.48. The first-order valence-corrected chi connectivity index (χ1v) is 7.06. The average molecular weight is 308 g/mol. The number of hydrogen-bond donors (Lipinski definition) is 0. The fourth-order valence-electron chi connectivity index (χ4n) is 1.77. The Morgan fingerprint density at radius 3 is 2.63 bits per heavy atom. The van der Waals surface area contributed by atoms with Gasteiger partial charge in [-0.1, -0.05) is 29.3 Å². The van der Waals surface area contributed by atoms with E-state index in [1.807, 2.05) is 18.2 Å². The van der Waals surface area contributed by atoms with Crippen LogP contribution in [0.15, 0.2) is 36.4 Å². The second-order valence-electron chi connectivity index (χ2n) is 3.99. The van der Waals surface area contributed by atoms with Crippen LogP contribution >= 0.6 is 34.5 Å². The maximum absolute atomic E-state index is 10.8. The van der Waals surface area contributed by atoms with Gasteiger partial charge in [0.15, 0.2) is 0 Å². The molecule has 0 aliphatic carbocycles. The first-order chi connectivity index (χ1) is 9.17. The predicted molar refractivity (Wildman–Crippen MR) is 80.5 cm³/mol. The first kappa shape index (κ1) is 12.6. The van der Waals surface area contributed by atoms with E-state index in [9.17, 15) is 4.79 Å². The van der Waals surface area contributed by atoms with E-state index in [1.54, 1.807) is 18.2 Å². The fraction of sp³-hybridized carbons (Fsp3) is 0. The molecular weight excluding hydrogens is 301 g/mol. The molecule has 3 aromatic rings. The number of halogens is 2. The molecule has 0 spiro atoms. The summed E-state index contributed by atoms with van der Waals surface area (Å²) in [6.07, 6.45) is 0.831. The molecule has 1 aromatic heterocycles. The van der Waals surface area contributed by atoms with Gasteiger partial charge in [-0.2, -0.15) is 0 Å². The van der Waals surface area contributed by atoms with Crippen molar-refractivity contribution in [2.24, 2.45) is 0 Å². The second kappa shape index (κ2) is 4.93. The highest BCUT2D eigenvalue weighted by Crippen LogP contribution is 2.33. The van der Waals surface area contributed by atoms with Crippen LogP contribution in [0.2, 0.25) is 10.0 Å². The van der Waals surface area contributed by atoms with Crippen molar-refractivity contribution in [3.05, 3.63) is 52.0 Å². The lowest BCUT2D eigenvalue weighted by Crippen LogP contribution is -1.78. The van der Waals surface area contributed by atoms with Crippen molar-refractivity contribution in [2.45, 2.75) is 0 Å². The Morgan fingerprint density at radius 2 is 1.89 bits per heavy atom. The number of hydrogen-bond acceptors (Lipinski definition) is 3. The minimum atomic E-state index is 0.506. The SMILES string of the molecule is O=Cc1ccc2nc(-c3ccc(Cl)c(Cl)c3)sc2c1. The quantitative estimate of drug-likeness (QED) is 0.618. The summed E-state index contributed by atoms with van der Waals surface area (Å²) in [6.45, 7) is 0. The molecule has 0 saturated heterocycles. The average Bonchev–Trinajstić information content (AvgIpc) is 2.84. The van der Waals surface area contributed by atoms with Crippen molar-refractivity contribution >= 4 is 51.0 Å². The summed E-state index contributed by atoms with van der Waals surface area (Å²) in [4.78, 5) is 15.3.